The Hall–Kier alpha value is -2.66. The molecule has 3 N–H and O–H groups in total. The molecule has 0 spiro atoms. The highest BCUT2D eigenvalue weighted by molar-refractivity contribution is 5.94. The fourth-order valence-electron chi connectivity index (χ4n) is 4.81. The maximum Gasteiger partial charge on any atom is 0.279 e. The molecule has 2 saturated heterocycles. The molecule has 2 aromatic carbocycles. The minimum Gasteiger partial charge on any atom is -0.349 e. The first-order valence-corrected chi connectivity index (χ1v) is 10.3. The van der Waals surface area contributed by atoms with Crippen molar-refractivity contribution in [3.8, 4) is 0 Å². The van der Waals surface area contributed by atoms with Crippen LogP contribution in [0.5, 0.6) is 0 Å². The second-order valence-corrected chi connectivity index (χ2v) is 8.00. The smallest absolute Gasteiger partial charge is 0.279 e. The lowest BCUT2D eigenvalue weighted by molar-refractivity contribution is -0.953. The van der Waals surface area contributed by atoms with E-state index < -0.39 is 0 Å². The fraction of sp³-hybridized carbons (Fsp3) is 0.391. The van der Waals surface area contributed by atoms with E-state index in [1.807, 2.05) is 60.7 Å². The van der Waals surface area contributed by atoms with E-state index >= 15 is 0 Å². The Morgan fingerprint density at radius 1 is 0.893 bits per heavy atom. The van der Waals surface area contributed by atoms with Crippen molar-refractivity contribution in [3.05, 3.63) is 66.2 Å². The number of quaternary nitrogens is 1. The van der Waals surface area contributed by atoms with Gasteiger partial charge in [-0.15, -0.1) is 0 Å². The van der Waals surface area contributed by atoms with E-state index in [-0.39, 0.29) is 17.9 Å². The summed E-state index contributed by atoms with van der Waals surface area (Å²) >= 11 is 0. The highest BCUT2D eigenvalue weighted by Gasteiger charge is 2.43. The van der Waals surface area contributed by atoms with Crippen LogP contribution in [0.15, 0.2) is 60.7 Å². The molecule has 2 aliphatic rings. The second-order valence-electron chi connectivity index (χ2n) is 8.00. The monoisotopic (exact) mass is 378 g/mol. The van der Waals surface area contributed by atoms with Gasteiger partial charge < -0.3 is 15.5 Å². The number of anilines is 1. The first kappa shape index (κ1) is 18.7. The van der Waals surface area contributed by atoms with E-state index in [1.165, 1.54) is 11.3 Å². The second kappa shape index (κ2) is 8.57. The number of carbonyl (C=O) groups excluding carboxylic acids is 2. The molecule has 5 nitrogen and oxygen atoms in total. The number of carbonyl (C=O) groups is 2. The van der Waals surface area contributed by atoms with Crippen LogP contribution in [-0.2, 0) is 4.79 Å². The Morgan fingerprint density at radius 2 is 1.50 bits per heavy atom. The summed E-state index contributed by atoms with van der Waals surface area (Å²) < 4.78 is 0. The van der Waals surface area contributed by atoms with Crippen molar-refractivity contribution in [2.75, 3.05) is 11.9 Å². The molecule has 2 fully saturated rings. The van der Waals surface area contributed by atoms with Crippen LogP contribution in [0.2, 0.25) is 0 Å². The third-order valence-corrected chi connectivity index (χ3v) is 6.09. The summed E-state index contributed by atoms with van der Waals surface area (Å²) in [4.78, 5) is 26.5. The fourth-order valence-corrected chi connectivity index (χ4v) is 4.81. The zero-order valence-electron chi connectivity index (χ0n) is 16.1. The van der Waals surface area contributed by atoms with Gasteiger partial charge in [-0.1, -0.05) is 36.4 Å². The highest BCUT2D eigenvalue weighted by atomic mass is 16.2. The molecule has 2 amide bonds. The topological polar surface area (TPSA) is 62.6 Å². The third kappa shape index (κ3) is 4.42. The Kier molecular flexibility index (Phi) is 5.72. The van der Waals surface area contributed by atoms with Gasteiger partial charge in [-0.3, -0.25) is 9.59 Å². The van der Waals surface area contributed by atoms with Gasteiger partial charge in [0.2, 0.25) is 0 Å². The zero-order valence-corrected chi connectivity index (χ0v) is 16.1. The van der Waals surface area contributed by atoms with Crippen LogP contribution in [-0.4, -0.2) is 36.5 Å². The number of fused-ring (bicyclic) bond motifs is 2. The van der Waals surface area contributed by atoms with Gasteiger partial charge in [-0.2, -0.15) is 0 Å². The first-order chi connectivity index (χ1) is 13.7. The average molecular weight is 378 g/mol. The molecule has 2 aromatic rings. The van der Waals surface area contributed by atoms with Gasteiger partial charge in [-0.25, -0.2) is 0 Å². The minimum atomic E-state index is 0.00828. The number of nitrogens with one attached hydrogen (secondary N) is 3. The number of hydrogen-bond acceptors (Lipinski definition) is 2. The lowest BCUT2D eigenvalue weighted by atomic mass is 9.81. The molecule has 2 aliphatic heterocycles. The molecule has 0 aliphatic carbocycles. The molecule has 146 valence electrons. The number of benzene rings is 2. The van der Waals surface area contributed by atoms with Crippen LogP contribution in [0.4, 0.5) is 5.69 Å². The number of amides is 2. The van der Waals surface area contributed by atoms with Crippen LogP contribution < -0.4 is 15.5 Å². The molecular weight excluding hydrogens is 350 g/mol. The molecule has 0 aromatic heterocycles. The van der Waals surface area contributed by atoms with Crippen molar-refractivity contribution in [3.63, 3.8) is 0 Å². The Morgan fingerprint density at radius 3 is 2.14 bits per heavy atom. The normalized spacial score (nSPS) is 26.3. The lowest BCUT2D eigenvalue weighted by Gasteiger charge is -2.45. The van der Waals surface area contributed by atoms with Crippen molar-refractivity contribution < 1.29 is 14.5 Å². The molecular formula is C23H28N3O2+. The third-order valence-electron chi connectivity index (χ3n) is 6.09. The lowest BCUT2D eigenvalue weighted by Crippen LogP contribution is -3.22. The highest BCUT2D eigenvalue weighted by Crippen LogP contribution is 2.22. The summed E-state index contributed by atoms with van der Waals surface area (Å²) in [6, 6.07) is 20.1. The number of piperidine rings is 2. The minimum absolute atomic E-state index is 0.00828. The number of rotatable bonds is 5. The van der Waals surface area contributed by atoms with Crippen molar-refractivity contribution in [2.45, 2.75) is 50.2 Å². The molecule has 28 heavy (non-hydrogen) atoms. The van der Waals surface area contributed by atoms with Gasteiger partial charge in [0.05, 0.1) is 12.1 Å². The van der Waals surface area contributed by atoms with Crippen LogP contribution in [0, 0.1) is 0 Å². The van der Waals surface area contributed by atoms with Crippen molar-refractivity contribution >= 4 is 17.5 Å². The molecule has 5 heteroatoms. The first-order valence-electron chi connectivity index (χ1n) is 10.3. The largest absolute Gasteiger partial charge is 0.349 e. The molecule has 2 heterocycles. The van der Waals surface area contributed by atoms with Crippen LogP contribution in [0.1, 0.15) is 42.5 Å². The Labute approximate surface area is 166 Å². The SMILES string of the molecule is O=C(C[NH+]1[C@@H]2CCC[C@H]1CC(NC(=O)c1ccccc1)C2)Nc1ccccc1. The summed E-state index contributed by atoms with van der Waals surface area (Å²) in [5, 5.41) is 6.24. The van der Waals surface area contributed by atoms with Crippen molar-refractivity contribution in [1.82, 2.24) is 5.32 Å². The summed E-state index contributed by atoms with van der Waals surface area (Å²) in [6.45, 7) is 0.504. The van der Waals surface area contributed by atoms with Crippen LogP contribution in [0.25, 0.3) is 0 Å². The standard InChI is InChI=1S/C23H27N3O2/c27-22(24-18-10-5-2-6-11-18)16-26-20-12-7-13-21(26)15-19(14-20)25-23(28)17-8-3-1-4-9-17/h1-6,8-11,19-21H,7,12-16H2,(H,24,27)(H,25,28)/p+1/t19?,20-,21+. The maximum absolute atomic E-state index is 12.6. The van der Waals surface area contributed by atoms with E-state index in [1.54, 1.807) is 0 Å². The number of para-hydroxylation sites is 1. The number of hydrogen-bond donors (Lipinski definition) is 3. The van der Waals surface area contributed by atoms with E-state index in [0.717, 1.165) is 31.4 Å². The van der Waals surface area contributed by atoms with E-state index in [2.05, 4.69) is 10.6 Å². The summed E-state index contributed by atoms with van der Waals surface area (Å²) in [5.41, 5.74) is 1.56. The predicted octanol–water partition coefficient (Wildman–Crippen LogP) is 2.02. The van der Waals surface area contributed by atoms with E-state index in [9.17, 15) is 9.59 Å². The quantitative estimate of drug-likeness (QED) is 0.745. The van der Waals surface area contributed by atoms with Crippen LogP contribution >= 0.6 is 0 Å². The van der Waals surface area contributed by atoms with Gasteiger partial charge in [0.15, 0.2) is 6.54 Å². The summed E-state index contributed by atoms with van der Waals surface area (Å²) in [6.07, 6.45) is 5.37. The van der Waals surface area contributed by atoms with Gasteiger partial charge >= 0.3 is 0 Å². The molecule has 0 saturated carbocycles. The molecule has 2 unspecified atom stereocenters. The molecule has 4 rings (SSSR count). The van der Waals surface area contributed by atoms with Crippen molar-refractivity contribution in [1.29, 1.82) is 0 Å². The molecule has 2 bridgehead atoms. The van der Waals surface area contributed by atoms with Gasteiger partial charge in [-0.05, 0) is 43.5 Å². The Bertz CT molecular complexity index is 795. The van der Waals surface area contributed by atoms with Crippen LogP contribution in [0.3, 0.4) is 0 Å². The summed E-state index contributed by atoms with van der Waals surface area (Å²) in [5.74, 6) is 0.0822. The predicted molar refractivity (Wildman–Crippen MR) is 109 cm³/mol. The van der Waals surface area contributed by atoms with Crippen molar-refractivity contribution in [2.24, 2.45) is 0 Å². The molecule has 4 atom stereocenters. The molecule has 0 radical (unpaired) electrons. The zero-order chi connectivity index (χ0) is 19.3. The van der Waals surface area contributed by atoms with Gasteiger partial charge in [0.1, 0.15) is 0 Å². The van der Waals surface area contributed by atoms with Gasteiger partial charge in [0, 0.05) is 30.1 Å². The Balaban J connectivity index is 1.35. The summed E-state index contributed by atoms with van der Waals surface area (Å²) in [7, 11) is 0. The maximum atomic E-state index is 12.6. The van der Waals surface area contributed by atoms with Gasteiger partial charge in [0.25, 0.3) is 11.8 Å². The van der Waals surface area contributed by atoms with E-state index in [0.29, 0.717) is 24.2 Å². The van der Waals surface area contributed by atoms with E-state index in [4.69, 9.17) is 0 Å². The average Bonchev–Trinajstić information content (AvgIpc) is 2.70.